The maximum absolute atomic E-state index is 12.8. The third kappa shape index (κ3) is 16.0. The smallest absolute Gasteiger partial charge is 0.340 e. The van der Waals surface area contributed by atoms with Crippen LogP contribution in [0.1, 0.15) is 137 Å². The van der Waals surface area contributed by atoms with Gasteiger partial charge in [0.15, 0.2) is 0 Å². The predicted molar refractivity (Wildman–Crippen MR) is 160 cm³/mol. The molecule has 40 heavy (non-hydrogen) atoms. The van der Waals surface area contributed by atoms with Crippen LogP contribution in [0.2, 0.25) is 0 Å². The molecule has 0 amide bonds. The van der Waals surface area contributed by atoms with Gasteiger partial charge in [0.25, 0.3) is 10.1 Å². The standard InChI is InChI=1S/C32H50O7S/c1-3-5-7-9-11-13-15-17-19-21-26-38-31(33)28-24-23-25-29(40(35,36)37)30(28)32(34)39-27-22-20-18-16-14-12-10-8-6-4-2/h17-20,23-25H,3-16,21-22,26-27H2,1-2H3,(H,35,36,37)/b19-17+,20-18+. The highest BCUT2D eigenvalue weighted by atomic mass is 32.2. The van der Waals surface area contributed by atoms with E-state index in [1.807, 2.05) is 18.2 Å². The highest BCUT2D eigenvalue weighted by Crippen LogP contribution is 2.22. The normalized spacial score (nSPS) is 11.9. The number of esters is 2. The average Bonchev–Trinajstić information content (AvgIpc) is 2.93. The number of hydrogen-bond acceptors (Lipinski definition) is 6. The van der Waals surface area contributed by atoms with Crippen molar-refractivity contribution in [1.82, 2.24) is 0 Å². The lowest BCUT2D eigenvalue weighted by Gasteiger charge is -2.12. The summed E-state index contributed by atoms with van der Waals surface area (Å²) in [6, 6.07) is 3.64. The second kappa shape index (κ2) is 22.3. The van der Waals surface area contributed by atoms with E-state index in [0.717, 1.165) is 31.7 Å². The lowest BCUT2D eigenvalue weighted by molar-refractivity contribution is 0.0460. The maximum atomic E-state index is 12.8. The molecule has 0 aromatic heterocycles. The first-order chi connectivity index (χ1) is 19.3. The highest BCUT2D eigenvalue weighted by molar-refractivity contribution is 7.86. The van der Waals surface area contributed by atoms with Crippen molar-refractivity contribution in [2.24, 2.45) is 0 Å². The topological polar surface area (TPSA) is 107 Å². The van der Waals surface area contributed by atoms with Gasteiger partial charge >= 0.3 is 11.9 Å². The maximum Gasteiger partial charge on any atom is 0.340 e. The first kappa shape index (κ1) is 35.6. The van der Waals surface area contributed by atoms with Crippen LogP contribution in [0.4, 0.5) is 0 Å². The second-order valence-corrected chi connectivity index (χ2v) is 11.4. The van der Waals surface area contributed by atoms with Gasteiger partial charge in [0.1, 0.15) is 4.90 Å². The molecule has 0 unspecified atom stereocenters. The fourth-order valence-corrected chi connectivity index (χ4v) is 4.97. The van der Waals surface area contributed by atoms with Crippen molar-refractivity contribution in [3.05, 3.63) is 53.6 Å². The van der Waals surface area contributed by atoms with Crippen molar-refractivity contribution >= 4 is 22.1 Å². The van der Waals surface area contributed by atoms with E-state index in [1.165, 1.54) is 76.3 Å². The molecular weight excluding hydrogens is 528 g/mol. The summed E-state index contributed by atoms with van der Waals surface area (Å²) >= 11 is 0. The summed E-state index contributed by atoms with van der Waals surface area (Å²) in [7, 11) is -4.77. The summed E-state index contributed by atoms with van der Waals surface area (Å²) in [5.74, 6) is -1.84. The van der Waals surface area contributed by atoms with Gasteiger partial charge in [-0.05, 0) is 50.7 Å². The molecule has 0 fully saturated rings. The molecule has 0 spiro atoms. The Morgan fingerprint density at radius 1 is 0.675 bits per heavy atom. The molecule has 1 aromatic rings. The summed E-state index contributed by atoms with van der Waals surface area (Å²) in [6.07, 6.45) is 25.6. The van der Waals surface area contributed by atoms with Crippen LogP contribution in [0.3, 0.4) is 0 Å². The van der Waals surface area contributed by atoms with Crippen LogP contribution in [0.15, 0.2) is 47.4 Å². The van der Waals surface area contributed by atoms with Gasteiger partial charge in [0, 0.05) is 0 Å². The molecule has 0 atom stereocenters. The first-order valence-electron chi connectivity index (χ1n) is 15.1. The zero-order valence-electron chi connectivity index (χ0n) is 24.6. The fraction of sp³-hybridized carbons (Fsp3) is 0.625. The van der Waals surface area contributed by atoms with Gasteiger partial charge in [-0.3, -0.25) is 4.55 Å². The van der Waals surface area contributed by atoms with Gasteiger partial charge in [0.05, 0.1) is 24.3 Å². The van der Waals surface area contributed by atoms with Crippen molar-refractivity contribution < 1.29 is 32.0 Å². The van der Waals surface area contributed by atoms with E-state index in [4.69, 9.17) is 9.47 Å². The average molecular weight is 579 g/mol. The Hall–Kier alpha value is -2.45. The number of ether oxygens (including phenoxy) is 2. The molecule has 0 saturated carbocycles. The summed E-state index contributed by atoms with van der Waals surface area (Å²) < 4.78 is 44.0. The monoisotopic (exact) mass is 578 g/mol. The van der Waals surface area contributed by atoms with Crippen LogP contribution < -0.4 is 0 Å². The van der Waals surface area contributed by atoms with Crippen molar-refractivity contribution in [1.29, 1.82) is 0 Å². The van der Waals surface area contributed by atoms with Crippen molar-refractivity contribution in [3.63, 3.8) is 0 Å². The first-order valence-corrected chi connectivity index (χ1v) is 16.5. The molecule has 1 rings (SSSR count). The van der Waals surface area contributed by atoms with Gasteiger partial charge in [-0.15, -0.1) is 0 Å². The number of hydrogen-bond donors (Lipinski definition) is 1. The molecule has 226 valence electrons. The van der Waals surface area contributed by atoms with Gasteiger partial charge in [-0.2, -0.15) is 8.42 Å². The SMILES string of the molecule is CCCCCCCC/C=C/CCOC(=O)c1cccc(S(=O)(=O)O)c1C(=O)OCC/C=C/CCCCCCCC. The van der Waals surface area contributed by atoms with Gasteiger partial charge in [-0.25, -0.2) is 9.59 Å². The van der Waals surface area contributed by atoms with Crippen LogP contribution in [-0.4, -0.2) is 38.1 Å². The van der Waals surface area contributed by atoms with Gasteiger partial charge < -0.3 is 9.47 Å². The van der Waals surface area contributed by atoms with Crippen LogP contribution in [-0.2, 0) is 19.6 Å². The lowest BCUT2D eigenvalue weighted by Crippen LogP contribution is -2.19. The minimum absolute atomic E-state index is 0.0174. The molecule has 0 aliphatic heterocycles. The van der Waals surface area contributed by atoms with Crippen molar-refractivity contribution in [2.45, 2.75) is 121 Å². The van der Waals surface area contributed by atoms with Crippen LogP contribution in [0, 0.1) is 0 Å². The number of carbonyl (C=O) groups is 2. The Labute approximate surface area is 242 Å². The Kier molecular flexibility index (Phi) is 19.8. The van der Waals surface area contributed by atoms with Crippen LogP contribution in [0.5, 0.6) is 0 Å². The van der Waals surface area contributed by atoms with E-state index in [1.54, 1.807) is 0 Å². The number of unbranched alkanes of at least 4 members (excludes halogenated alkanes) is 12. The summed E-state index contributed by atoms with van der Waals surface area (Å²) in [6.45, 7) is 4.50. The van der Waals surface area contributed by atoms with E-state index in [2.05, 4.69) is 19.9 Å². The summed E-state index contributed by atoms with van der Waals surface area (Å²) in [5, 5.41) is 0. The largest absolute Gasteiger partial charge is 0.462 e. The zero-order chi connectivity index (χ0) is 29.5. The molecule has 0 heterocycles. The molecule has 1 aromatic carbocycles. The Bertz CT molecular complexity index is 1010. The third-order valence-corrected chi connectivity index (χ3v) is 7.44. The van der Waals surface area contributed by atoms with Crippen molar-refractivity contribution in [2.75, 3.05) is 13.2 Å². The molecular formula is C32H50O7S. The van der Waals surface area contributed by atoms with Crippen LogP contribution in [0.25, 0.3) is 0 Å². The molecule has 0 bridgehead atoms. The minimum Gasteiger partial charge on any atom is -0.462 e. The van der Waals surface area contributed by atoms with Gasteiger partial charge in [-0.1, -0.05) is 108 Å². The highest BCUT2D eigenvalue weighted by Gasteiger charge is 2.28. The second-order valence-electron chi connectivity index (χ2n) is 10.1. The Morgan fingerprint density at radius 2 is 1.12 bits per heavy atom. The minimum atomic E-state index is -4.77. The molecule has 7 nitrogen and oxygen atoms in total. The molecule has 0 aliphatic carbocycles. The van der Waals surface area contributed by atoms with E-state index >= 15 is 0 Å². The number of benzene rings is 1. The third-order valence-electron chi connectivity index (χ3n) is 6.55. The summed E-state index contributed by atoms with van der Waals surface area (Å²) in [5.41, 5.74) is -0.764. The predicted octanol–water partition coefficient (Wildman–Crippen LogP) is 8.64. The molecule has 8 heteroatoms. The van der Waals surface area contributed by atoms with Crippen LogP contribution >= 0.6 is 0 Å². The fourth-order valence-electron chi connectivity index (χ4n) is 4.27. The molecule has 0 saturated heterocycles. The molecule has 1 N–H and O–H groups in total. The van der Waals surface area contributed by atoms with E-state index in [9.17, 15) is 22.6 Å². The number of allylic oxidation sites excluding steroid dienone is 2. The van der Waals surface area contributed by atoms with E-state index in [0.29, 0.717) is 12.8 Å². The Morgan fingerprint density at radius 3 is 1.62 bits per heavy atom. The molecule has 0 radical (unpaired) electrons. The van der Waals surface area contributed by atoms with E-state index < -0.39 is 32.5 Å². The quantitative estimate of drug-likeness (QED) is 0.0599. The number of carbonyl (C=O) groups excluding carboxylic acids is 2. The zero-order valence-corrected chi connectivity index (χ0v) is 25.4. The van der Waals surface area contributed by atoms with Crippen molar-refractivity contribution in [3.8, 4) is 0 Å². The lowest BCUT2D eigenvalue weighted by atomic mass is 10.1. The van der Waals surface area contributed by atoms with Gasteiger partial charge in [0.2, 0.25) is 0 Å². The molecule has 0 aliphatic rings. The van der Waals surface area contributed by atoms with E-state index in [-0.39, 0.29) is 18.8 Å². The number of rotatable bonds is 23. The summed E-state index contributed by atoms with van der Waals surface area (Å²) in [4.78, 5) is 24.9. The Balaban J connectivity index is 2.58.